The number of esters is 1. The lowest BCUT2D eigenvalue weighted by molar-refractivity contribution is -0.130. The largest absolute Gasteiger partial charge is 0.449 e. The molecule has 2 rings (SSSR count). The summed E-state index contributed by atoms with van der Waals surface area (Å²) in [5, 5.41) is 7.87. The van der Waals surface area contributed by atoms with Gasteiger partial charge in [0.15, 0.2) is 6.10 Å². The van der Waals surface area contributed by atoms with Crippen LogP contribution in [-0.4, -0.2) is 32.4 Å². The number of hydrogen-bond acceptors (Lipinski definition) is 5. The Kier molecular flexibility index (Phi) is 6.59. The lowest BCUT2D eigenvalue weighted by atomic mass is 9.78. The maximum atomic E-state index is 13.9. The lowest BCUT2D eigenvalue weighted by Gasteiger charge is -2.35. The van der Waals surface area contributed by atoms with Crippen LogP contribution in [0.3, 0.4) is 0 Å². The molecule has 1 aliphatic carbocycles. The van der Waals surface area contributed by atoms with Crippen molar-refractivity contribution in [3.63, 3.8) is 0 Å². The highest BCUT2D eigenvalue weighted by Gasteiger charge is 2.30. The van der Waals surface area contributed by atoms with Crippen molar-refractivity contribution in [3.8, 4) is 0 Å². The van der Waals surface area contributed by atoms with Crippen LogP contribution in [0.4, 0.5) is 4.39 Å². The fourth-order valence-electron chi connectivity index (χ4n) is 3.20. The number of carbonyl (C=O) groups is 2. The van der Waals surface area contributed by atoms with E-state index in [0.717, 1.165) is 37.5 Å². The predicted octanol–water partition coefficient (Wildman–Crippen LogP) is 1.96. The number of carbonyl (C=O) groups excluding carboxylic acids is 2. The summed E-state index contributed by atoms with van der Waals surface area (Å²) in [4.78, 5) is 24.1. The van der Waals surface area contributed by atoms with Gasteiger partial charge in [-0.05, 0) is 43.4 Å². The molecule has 0 aromatic heterocycles. The van der Waals surface area contributed by atoms with E-state index in [4.69, 9.17) is 9.88 Å². The van der Waals surface area contributed by atoms with Crippen molar-refractivity contribution in [2.45, 2.75) is 57.1 Å². The number of amides is 1. The fraction of sp³-hybridized carbons (Fsp3) is 0.556. The SMILES string of the molecule is C[C@@H]1[C@@H](C)CCC[C@H]1NC(=O)[C@@H](C)OC(=O)c1cc(S(N)(=O)=O)ccc1F. The van der Waals surface area contributed by atoms with E-state index in [1.807, 2.05) is 0 Å². The zero-order valence-corrected chi connectivity index (χ0v) is 16.4. The number of primary sulfonamides is 1. The van der Waals surface area contributed by atoms with Gasteiger partial charge in [-0.3, -0.25) is 4.79 Å². The minimum atomic E-state index is -4.10. The third-order valence-corrected chi connectivity index (χ3v) is 6.08. The Bertz CT molecular complexity index is 827. The normalized spacial score (nSPS) is 24.1. The van der Waals surface area contributed by atoms with Crippen LogP contribution < -0.4 is 10.5 Å². The van der Waals surface area contributed by atoms with Crippen molar-refractivity contribution in [2.75, 3.05) is 0 Å². The van der Waals surface area contributed by atoms with Crippen molar-refractivity contribution >= 4 is 21.9 Å². The molecule has 1 aromatic carbocycles. The van der Waals surface area contributed by atoms with Crippen LogP contribution in [0.25, 0.3) is 0 Å². The number of nitrogens with two attached hydrogens (primary N) is 1. The number of sulfonamides is 1. The number of benzene rings is 1. The van der Waals surface area contributed by atoms with E-state index < -0.39 is 44.3 Å². The van der Waals surface area contributed by atoms with Gasteiger partial charge in [-0.15, -0.1) is 0 Å². The molecule has 0 spiro atoms. The molecule has 1 saturated carbocycles. The van der Waals surface area contributed by atoms with Crippen LogP contribution >= 0.6 is 0 Å². The Balaban J connectivity index is 2.06. The number of hydrogen-bond donors (Lipinski definition) is 2. The van der Waals surface area contributed by atoms with E-state index in [1.54, 1.807) is 0 Å². The summed E-state index contributed by atoms with van der Waals surface area (Å²) in [6.45, 7) is 5.58. The Labute approximate surface area is 158 Å². The number of nitrogens with one attached hydrogen (secondary N) is 1. The molecule has 9 heteroatoms. The smallest absolute Gasteiger partial charge is 0.341 e. The fourth-order valence-corrected chi connectivity index (χ4v) is 3.74. The quantitative estimate of drug-likeness (QED) is 0.733. The summed E-state index contributed by atoms with van der Waals surface area (Å²) in [6, 6.07) is 2.54. The number of ether oxygens (including phenoxy) is 1. The van der Waals surface area contributed by atoms with E-state index in [2.05, 4.69) is 19.2 Å². The topological polar surface area (TPSA) is 116 Å². The van der Waals surface area contributed by atoms with Crippen LogP contribution in [0, 0.1) is 17.7 Å². The van der Waals surface area contributed by atoms with Gasteiger partial charge in [0.05, 0.1) is 10.5 Å². The van der Waals surface area contributed by atoms with Crippen molar-refractivity contribution < 1.29 is 27.1 Å². The third-order valence-electron chi connectivity index (χ3n) is 5.17. The van der Waals surface area contributed by atoms with E-state index in [-0.39, 0.29) is 6.04 Å². The van der Waals surface area contributed by atoms with Crippen LogP contribution in [-0.2, 0) is 19.6 Å². The monoisotopic (exact) mass is 400 g/mol. The predicted molar refractivity (Wildman–Crippen MR) is 96.8 cm³/mol. The maximum absolute atomic E-state index is 13.9. The van der Waals surface area contributed by atoms with Gasteiger partial charge in [-0.1, -0.05) is 26.7 Å². The molecule has 0 saturated heterocycles. The second kappa shape index (κ2) is 8.35. The molecule has 1 fully saturated rings. The first kappa shape index (κ1) is 21.3. The molecule has 4 atom stereocenters. The summed E-state index contributed by atoms with van der Waals surface area (Å²) >= 11 is 0. The van der Waals surface area contributed by atoms with Crippen molar-refractivity contribution in [1.82, 2.24) is 5.32 Å². The first-order chi connectivity index (χ1) is 12.5. The minimum absolute atomic E-state index is 0.00940. The van der Waals surface area contributed by atoms with E-state index in [1.165, 1.54) is 6.92 Å². The van der Waals surface area contributed by atoms with Gasteiger partial charge in [-0.25, -0.2) is 22.7 Å². The second-order valence-electron chi connectivity index (χ2n) is 7.12. The summed E-state index contributed by atoms with van der Waals surface area (Å²) < 4.78 is 41.6. The molecule has 7 nitrogen and oxygen atoms in total. The maximum Gasteiger partial charge on any atom is 0.341 e. The summed E-state index contributed by atoms with van der Waals surface area (Å²) in [7, 11) is -4.10. The first-order valence-corrected chi connectivity index (χ1v) is 10.4. The zero-order chi connectivity index (χ0) is 20.4. The average Bonchev–Trinajstić information content (AvgIpc) is 2.58. The lowest BCUT2D eigenvalue weighted by Crippen LogP contribution is -2.47. The highest BCUT2D eigenvalue weighted by Crippen LogP contribution is 2.29. The van der Waals surface area contributed by atoms with Crippen LogP contribution in [0.15, 0.2) is 23.1 Å². The van der Waals surface area contributed by atoms with Crippen molar-refractivity contribution in [3.05, 3.63) is 29.6 Å². The third kappa shape index (κ3) is 5.26. The Morgan fingerprint density at radius 2 is 1.96 bits per heavy atom. The van der Waals surface area contributed by atoms with Gasteiger partial charge < -0.3 is 10.1 Å². The van der Waals surface area contributed by atoms with Crippen LogP contribution in [0.5, 0.6) is 0 Å². The molecule has 0 radical (unpaired) electrons. The molecule has 0 unspecified atom stereocenters. The molecule has 27 heavy (non-hydrogen) atoms. The molecular formula is C18H25FN2O5S. The molecule has 0 heterocycles. The standard InChI is InChI=1S/C18H25FN2O5S/c1-10-5-4-6-16(11(10)2)21-17(22)12(3)26-18(23)14-9-13(27(20,24)25)7-8-15(14)19/h7-12,16H,4-6H2,1-3H3,(H,21,22)(H2,20,24,25)/t10-,11+,12+,16+/m0/s1. The van der Waals surface area contributed by atoms with Gasteiger partial charge in [0.2, 0.25) is 10.0 Å². The number of rotatable bonds is 5. The Morgan fingerprint density at radius 1 is 1.30 bits per heavy atom. The highest BCUT2D eigenvalue weighted by molar-refractivity contribution is 7.89. The van der Waals surface area contributed by atoms with E-state index in [0.29, 0.717) is 11.8 Å². The van der Waals surface area contributed by atoms with Crippen LogP contribution in [0.1, 0.15) is 50.4 Å². The van der Waals surface area contributed by atoms with E-state index in [9.17, 15) is 22.4 Å². The first-order valence-electron chi connectivity index (χ1n) is 8.84. The molecule has 1 aromatic rings. The second-order valence-corrected chi connectivity index (χ2v) is 8.68. The Morgan fingerprint density at radius 3 is 2.59 bits per heavy atom. The average molecular weight is 400 g/mol. The summed E-state index contributed by atoms with van der Waals surface area (Å²) in [6.07, 6.45) is 1.82. The van der Waals surface area contributed by atoms with Gasteiger partial charge in [0.25, 0.3) is 5.91 Å². The number of halogens is 1. The van der Waals surface area contributed by atoms with Crippen LogP contribution in [0.2, 0.25) is 0 Å². The van der Waals surface area contributed by atoms with Crippen molar-refractivity contribution in [2.24, 2.45) is 17.0 Å². The molecule has 1 aliphatic rings. The van der Waals surface area contributed by atoms with Gasteiger partial charge >= 0.3 is 5.97 Å². The highest BCUT2D eigenvalue weighted by atomic mass is 32.2. The van der Waals surface area contributed by atoms with Gasteiger partial charge in [0.1, 0.15) is 5.82 Å². The molecule has 0 bridgehead atoms. The van der Waals surface area contributed by atoms with Gasteiger partial charge in [-0.2, -0.15) is 0 Å². The van der Waals surface area contributed by atoms with Crippen molar-refractivity contribution in [1.29, 1.82) is 0 Å². The Hall–Kier alpha value is -2.00. The summed E-state index contributed by atoms with van der Waals surface area (Å²) in [5.74, 6) is -1.79. The molecule has 1 amide bonds. The molecular weight excluding hydrogens is 375 g/mol. The molecule has 3 N–H and O–H groups in total. The molecule has 0 aliphatic heterocycles. The zero-order valence-electron chi connectivity index (χ0n) is 15.6. The molecule has 150 valence electrons. The van der Waals surface area contributed by atoms with Gasteiger partial charge in [0, 0.05) is 6.04 Å². The van der Waals surface area contributed by atoms with E-state index >= 15 is 0 Å². The summed E-state index contributed by atoms with van der Waals surface area (Å²) in [5.41, 5.74) is -0.596. The minimum Gasteiger partial charge on any atom is -0.449 e.